The van der Waals surface area contributed by atoms with Crippen LogP contribution in [-0.2, 0) is 4.79 Å². The zero-order valence-corrected chi connectivity index (χ0v) is 12.0. The fraction of sp³-hybridized carbons (Fsp3) is 0.333. The Bertz CT molecular complexity index is 567. The van der Waals surface area contributed by atoms with Gasteiger partial charge in [0.05, 0.1) is 0 Å². The molecule has 1 fully saturated rings. The Kier molecular flexibility index (Phi) is 4.80. The van der Waals surface area contributed by atoms with Crippen molar-refractivity contribution in [2.45, 2.75) is 0 Å². The summed E-state index contributed by atoms with van der Waals surface area (Å²) in [5.74, 6) is -0.223. The molecule has 0 saturated carbocycles. The molecule has 0 bridgehead atoms. The quantitative estimate of drug-likeness (QED) is 0.626. The molecule has 0 radical (unpaired) electrons. The fourth-order valence-electron chi connectivity index (χ4n) is 2.14. The number of nitrogens with one attached hydrogen (secondary N) is 1. The van der Waals surface area contributed by atoms with E-state index in [0.717, 1.165) is 13.1 Å². The maximum absolute atomic E-state index is 12.2. The average Bonchev–Trinajstić information content (AvgIpc) is 2.49. The number of nitrogens with zero attached hydrogens (tertiary/aromatic N) is 3. The number of likely N-dealkylation sites (N-methyl/N-ethyl adjacent to an activating group) is 1. The maximum Gasteiger partial charge on any atom is 0.270 e. The van der Waals surface area contributed by atoms with Crippen LogP contribution in [0.3, 0.4) is 0 Å². The first kappa shape index (κ1) is 14.9. The van der Waals surface area contributed by atoms with Crippen molar-refractivity contribution in [1.29, 1.82) is 5.26 Å². The van der Waals surface area contributed by atoms with Crippen LogP contribution in [0.15, 0.2) is 41.7 Å². The molecule has 0 aliphatic carbocycles. The number of nitrogens with two attached hydrogens (primary N) is 1. The molecule has 1 aliphatic heterocycles. The van der Waals surface area contributed by atoms with Gasteiger partial charge < -0.3 is 20.9 Å². The Morgan fingerprint density at radius 1 is 1.24 bits per heavy atom. The summed E-state index contributed by atoms with van der Waals surface area (Å²) < 4.78 is 0. The summed E-state index contributed by atoms with van der Waals surface area (Å²) in [6.07, 6.45) is 0. The number of nitriles is 1. The fourth-order valence-corrected chi connectivity index (χ4v) is 2.14. The SMILES string of the molecule is CN1CCN(C(N)=C(C#N)C(=O)Nc2ccccc2)CC1. The van der Waals surface area contributed by atoms with Crippen LogP contribution in [0.1, 0.15) is 0 Å². The highest BCUT2D eigenvalue weighted by Crippen LogP contribution is 2.12. The van der Waals surface area contributed by atoms with Gasteiger partial charge in [0.1, 0.15) is 11.9 Å². The summed E-state index contributed by atoms with van der Waals surface area (Å²) >= 11 is 0. The van der Waals surface area contributed by atoms with Crippen molar-refractivity contribution in [3.63, 3.8) is 0 Å². The molecule has 0 aromatic heterocycles. The van der Waals surface area contributed by atoms with Gasteiger partial charge in [0.25, 0.3) is 5.91 Å². The summed E-state index contributed by atoms with van der Waals surface area (Å²) in [6, 6.07) is 10.9. The molecular formula is C15H19N5O. The predicted molar refractivity (Wildman–Crippen MR) is 81.0 cm³/mol. The monoisotopic (exact) mass is 285 g/mol. The van der Waals surface area contributed by atoms with Gasteiger partial charge in [-0.3, -0.25) is 4.79 Å². The lowest BCUT2D eigenvalue weighted by atomic mass is 10.2. The lowest BCUT2D eigenvalue weighted by Gasteiger charge is -2.34. The van der Waals surface area contributed by atoms with E-state index in [9.17, 15) is 10.1 Å². The second-order valence-corrected chi connectivity index (χ2v) is 4.98. The van der Waals surface area contributed by atoms with Crippen molar-refractivity contribution in [2.24, 2.45) is 5.73 Å². The zero-order chi connectivity index (χ0) is 15.2. The van der Waals surface area contributed by atoms with E-state index in [1.54, 1.807) is 12.1 Å². The highest BCUT2D eigenvalue weighted by Gasteiger charge is 2.21. The number of benzene rings is 1. The molecule has 1 amide bonds. The summed E-state index contributed by atoms with van der Waals surface area (Å²) in [7, 11) is 2.03. The number of anilines is 1. The van der Waals surface area contributed by atoms with Gasteiger partial charge >= 0.3 is 0 Å². The van der Waals surface area contributed by atoms with E-state index in [4.69, 9.17) is 5.73 Å². The molecule has 1 aromatic rings. The van der Waals surface area contributed by atoms with Gasteiger partial charge in [0.2, 0.25) is 0 Å². The second kappa shape index (κ2) is 6.77. The van der Waals surface area contributed by atoms with E-state index in [1.165, 1.54) is 0 Å². The third-order valence-electron chi connectivity index (χ3n) is 3.47. The van der Waals surface area contributed by atoms with Gasteiger partial charge in [-0.15, -0.1) is 0 Å². The van der Waals surface area contributed by atoms with Gasteiger partial charge in [0.15, 0.2) is 5.57 Å². The van der Waals surface area contributed by atoms with Crippen molar-refractivity contribution in [1.82, 2.24) is 9.80 Å². The number of rotatable bonds is 3. The molecule has 6 nitrogen and oxygen atoms in total. The van der Waals surface area contributed by atoms with Crippen LogP contribution in [0.5, 0.6) is 0 Å². The standard InChI is InChI=1S/C15H19N5O/c1-19-7-9-20(10-8-19)14(17)13(11-16)15(21)18-12-5-3-2-4-6-12/h2-6H,7-10,17H2,1H3,(H,18,21). The molecule has 21 heavy (non-hydrogen) atoms. The molecule has 110 valence electrons. The average molecular weight is 285 g/mol. The lowest BCUT2D eigenvalue weighted by molar-refractivity contribution is -0.112. The minimum Gasteiger partial charge on any atom is -0.384 e. The van der Waals surface area contributed by atoms with Crippen LogP contribution in [0.4, 0.5) is 5.69 Å². The smallest absolute Gasteiger partial charge is 0.270 e. The van der Waals surface area contributed by atoms with E-state index in [2.05, 4.69) is 10.2 Å². The van der Waals surface area contributed by atoms with Gasteiger partial charge in [-0.2, -0.15) is 5.26 Å². The van der Waals surface area contributed by atoms with E-state index >= 15 is 0 Å². The van der Waals surface area contributed by atoms with E-state index < -0.39 is 5.91 Å². The number of para-hydroxylation sites is 1. The van der Waals surface area contributed by atoms with E-state index in [0.29, 0.717) is 18.8 Å². The van der Waals surface area contributed by atoms with Crippen molar-refractivity contribution >= 4 is 11.6 Å². The second-order valence-electron chi connectivity index (χ2n) is 4.98. The first-order valence-electron chi connectivity index (χ1n) is 6.81. The minimum atomic E-state index is -0.472. The number of carbonyl (C=O) groups is 1. The molecule has 0 spiro atoms. The van der Waals surface area contributed by atoms with E-state index in [-0.39, 0.29) is 11.4 Å². The first-order valence-corrected chi connectivity index (χ1v) is 6.81. The Morgan fingerprint density at radius 3 is 2.43 bits per heavy atom. The first-order chi connectivity index (χ1) is 10.1. The molecule has 1 aromatic carbocycles. The summed E-state index contributed by atoms with van der Waals surface area (Å²) in [5.41, 5.74) is 6.61. The summed E-state index contributed by atoms with van der Waals surface area (Å²) in [6.45, 7) is 3.15. The highest BCUT2D eigenvalue weighted by atomic mass is 16.1. The molecule has 1 saturated heterocycles. The van der Waals surface area contributed by atoms with Crippen LogP contribution in [0.25, 0.3) is 0 Å². The van der Waals surface area contributed by atoms with Gasteiger partial charge in [-0.25, -0.2) is 0 Å². The zero-order valence-electron chi connectivity index (χ0n) is 12.0. The van der Waals surface area contributed by atoms with Crippen LogP contribution in [0.2, 0.25) is 0 Å². The number of piperazine rings is 1. The molecule has 2 rings (SSSR count). The Balaban J connectivity index is 2.12. The number of hydrogen-bond donors (Lipinski definition) is 2. The minimum absolute atomic E-state index is 0.0385. The summed E-state index contributed by atoms with van der Waals surface area (Å²) in [5, 5.41) is 11.9. The maximum atomic E-state index is 12.2. The Hall–Kier alpha value is -2.52. The Labute approximate surface area is 124 Å². The van der Waals surface area contributed by atoms with Crippen LogP contribution in [-0.4, -0.2) is 48.9 Å². The summed E-state index contributed by atoms with van der Waals surface area (Å²) in [4.78, 5) is 16.2. The molecule has 3 N–H and O–H groups in total. The van der Waals surface area contributed by atoms with Gasteiger partial charge in [0, 0.05) is 31.9 Å². The number of carbonyl (C=O) groups excluding carboxylic acids is 1. The van der Waals surface area contributed by atoms with Crippen LogP contribution < -0.4 is 11.1 Å². The predicted octanol–water partition coefficient (Wildman–Crippen LogP) is 0.566. The molecule has 1 heterocycles. The van der Waals surface area contributed by atoms with E-state index in [1.807, 2.05) is 36.2 Å². The van der Waals surface area contributed by atoms with Gasteiger partial charge in [-0.05, 0) is 19.2 Å². The van der Waals surface area contributed by atoms with Crippen LogP contribution in [0, 0.1) is 11.3 Å². The molecule has 1 aliphatic rings. The number of amides is 1. The topological polar surface area (TPSA) is 85.4 Å². The van der Waals surface area contributed by atoms with Crippen molar-refractivity contribution in [2.75, 3.05) is 38.5 Å². The Morgan fingerprint density at radius 2 is 1.86 bits per heavy atom. The molecular weight excluding hydrogens is 266 g/mol. The molecule has 6 heteroatoms. The number of hydrogen-bond acceptors (Lipinski definition) is 5. The van der Waals surface area contributed by atoms with Gasteiger partial charge in [-0.1, -0.05) is 18.2 Å². The molecule has 0 atom stereocenters. The third-order valence-corrected chi connectivity index (χ3v) is 3.47. The van der Waals surface area contributed by atoms with Crippen molar-refractivity contribution in [3.05, 3.63) is 41.7 Å². The third kappa shape index (κ3) is 3.74. The molecule has 0 unspecified atom stereocenters. The van der Waals surface area contributed by atoms with Crippen molar-refractivity contribution < 1.29 is 4.79 Å². The van der Waals surface area contributed by atoms with Crippen LogP contribution >= 0.6 is 0 Å². The highest BCUT2D eigenvalue weighted by molar-refractivity contribution is 6.06. The normalized spacial score (nSPS) is 16.9. The van der Waals surface area contributed by atoms with Crippen molar-refractivity contribution in [3.8, 4) is 6.07 Å². The lowest BCUT2D eigenvalue weighted by Crippen LogP contribution is -2.46. The largest absolute Gasteiger partial charge is 0.384 e.